The Morgan fingerprint density at radius 3 is 2.60 bits per heavy atom. The number of carboxylic acid groups (broad SMARTS) is 1. The predicted octanol–water partition coefficient (Wildman–Crippen LogP) is 3.70. The van der Waals surface area contributed by atoms with Gasteiger partial charge < -0.3 is 10.8 Å². The molecule has 0 saturated heterocycles. The maximum atomic E-state index is 13.4. The Kier molecular flexibility index (Phi) is 4.09. The molecule has 3 heterocycles. The van der Waals surface area contributed by atoms with Crippen molar-refractivity contribution in [3.63, 3.8) is 0 Å². The summed E-state index contributed by atoms with van der Waals surface area (Å²) >= 11 is 7.47. The van der Waals surface area contributed by atoms with Gasteiger partial charge in [0.2, 0.25) is 5.95 Å². The van der Waals surface area contributed by atoms with Crippen LogP contribution < -0.4 is 11.2 Å². The second-order valence-electron chi connectivity index (χ2n) is 6.40. The number of halogens is 1. The molecule has 0 amide bonds. The first-order valence-corrected chi connectivity index (χ1v) is 9.81. The van der Waals surface area contributed by atoms with Crippen LogP contribution in [0.25, 0.3) is 42.9 Å². The van der Waals surface area contributed by atoms with E-state index in [1.165, 1.54) is 23.5 Å². The third kappa shape index (κ3) is 2.75. The monoisotopic (exact) mass is 435 g/mol. The quantitative estimate of drug-likeness (QED) is 0.243. The topological polar surface area (TPSA) is 132 Å². The Balaban J connectivity index is 1.95. The number of rotatable bonds is 2. The van der Waals surface area contributed by atoms with Crippen molar-refractivity contribution in [2.75, 3.05) is 5.73 Å². The van der Waals surface area contributed by atoms with E-state index < -0.39 is 5.97 Å². The number of fused-ring (bicyclic) bond motifs is 4. The molecule has 0 radical (unpaired) electrons. The Labute approximate surface area is 177 Å². The van der Waals surface area contributed by atoms with Gasteiger partial charge in [0.15, 0.2) is 16.2 Å². The molecule has 1 aliphatic heterocycles. The molecule has 0 unspecified atom stereocenters. The highest BCUT2D eigenvalue weighted by molar-refractivity contribution is 7.22. The fourth-order valence-electron chi connectivity index (χ4n) is 3.29. The van der Waals surface area contributed by atoms with Crippen molar-refractivity contribution in [3.8, 4) is 21.7 Å². The minimum absolute atomic E-state index is 0.00579. The Morgan fingerprint density at radius 2 is 1.87 bits per heavy atom. The minimum Gasteiger partial charge on any atom is -0.478 e. The second kappa shape index (κ2) is 6.68. The van der Waals surface area contributed by atoms with E-state index in [2.05, 4.69) is 19.9 Å². The van der Waals surface area contributed by atoms with E-state index in [1.54, 1.807) is 30.5 Å². The van der Waals surface area contributed by atoms with Gasteiger partial charge in [0.05, 0.1) is 15.8 Å². The maximum Gasteiger partial charge on any atom is 0.335 e. The molecular weight excluding hydrogens is 426 g/mol. The molecule has 2 aromatic heterocycles. The van der Waals surface area contributed by atoms with Gasteiger partial charge in [-0.25, -0.2) is 9.78 Å². The van der Waals surface area contributed by atoms with E-state index in [0.717, 1.165) is 0 Å². The van der Waals surface area contributed by atoms with Gasteiger partial charge >= 0.3 is 5.97 Å². The van der Waals surface area contributed by atoms with Gasteiger partial charge in [-0.1, -0.05) is 23.7 Å². The van der Waals surface area contributed by atoms with Crippen LogP contribution in [0.5, 0.6) is 0 Å². The molecule has 0 fully saturated rings. The smallest absolute Gasteiger partial charge is 0.335 e. The molecule has 0 spiro atoms. The summed E-state index contributed by atoms with van der Waals surface area (Å²) in [5, 5.41) is 9.70. The van der Waals surface area contributed by atoms with Gasteiger partial charge in [0.25, 0.3) is 0 Å². The number of carbonyl (C=O) groups is 1. The summed E-state index contributed by atoms with van der Waals surface area (Å²) in [6.45, 7) is 0. The summed E-state index contributed by atoms with van der Waals surface area (Å²) in [4.78, 5) is 42.2. The lowest BCUT2D eigenvalue weighted by Crippen LogP contribution is -2.10. The van der Waals surface area contributed by atoms with Crippen LogP contribution in [-0.2, 0) is 0 Å². The Morgan fingerprint density at radius 1 is 1.10 bits per heavy atom. The lowest BCUT2D eigenvalue weighted by molar-refractivity contribution is 0.0697. The van der Waals surface area contributed by atoms with Gasteiger partial charge in [0, 0.05) is 11.8 Å². The van der Waals surface area contributed by atoms with E-state index in [9.17, 15) is 9.59 Å². The average molecular weight is 436 g/mol. The summed E-state index contributed by atoms with van der Waals surface area (Å²) in [7, 11) is 0. The van der Waals surface area contributed by atoms with Crippen molar-refractivity contribution in [3.05, 3.63) is 63.5 Å². The molecule has 3 aromatic rings. The van der Waals surface area contributed by atoms with Crippen molar-refractivity contribution >= 4 is 56.1 Å². The van der Waals surface area contributed by atoms with Gasteiger partial charge in [0.1, 0.15) is 15.9 Å². The van der Waals surface area contributed by atoms with E-state index >= 15 is 0 Å². The van der Waals surface area contributed by atoms with Crippen LogP contribution in [0.4, 0.5) is 5.95 Å². The van der Waals surface area contributed by atoms with Crippen LogP contribution in [0.3, 0.4) is 0 Å². The third-order valence-corrected chi connectivity index (χ3v) is 6.18. The molecule has 146 valence electrons. The van der Waals surface area contributed by atoms with Crippen LogP contribution in [0.1, 0.15) is 10.4 Å². The highest BCUT2D eigenvalue weighted by atomic mass is 35.5. The van der Waals surface area contributed by atoms with E-state index in [0.29, 0.717) is 42.9 Å². The van der Waals surface area contributed by atoms with Crippen molar-refractivity contribution in [2.24, 2.45) is 0 Å². The standard InChI is InChI=1S/C20H10ClN5O3S/c21-17-16-18(26-20(22)25-17)24-13-12-10(2-1-7-23-12)14(27)11(15(13)30-16)8-3-5-9(6-4-8)19(28)29/h1-7H,(H,28,29)(H2,22,25,26). The van der Waals surface area contributed by atoms with Gasteiger partial charge in [-0.3, -0.25) is 9.78 Å². The number of hydrogen-bond donors (Lipinski definition) is 2. The van der Waals surface area contributed by atoms with E-state index in [4.69, 9.17) is 22.4 Å². The van der Waals surface area contributed by atoms with Crippen LogP contribution in [0, 0.1) is 0 Å². The number of nitrogens with zero attached hydrogens (tertiary/aromatic N) is 4. The van der Waals surface area contributed by atoms with Crippen molar-refractivity contribution in [1.29, 1.82) is 0 Å². The number of aromatic nitrogens is 4. The van der Waals surface area contributed by atoms with Crippen LogP contribution in [0.15, 0.2) is 47.4 Å². The van der Waals surface area contributed by atoms with Crippen LogP contribution in [0.2, 0.25) is 5.15 Å². The lowest BCUT2D eigenvalue weighted by atomic mass is 9.97. The first-order valence-electron chi connectivity index (χ1n) is 8.62. The molecule has 0 bridgehead atoms. The van der Waals surface area contributed by atoms with Crippen molar-refractivity contribution in [1.82, 2.24) is 19.9 Å². The summed E-state index contributed by atoms with van der Waals surface area (Å²) in [6.07, 6.45) is 1.58. The number of aromatic carboxylic acids is 1. The van der Waals surface area contributed by atoms with Crippen LogP contribution >= 0.6 is 22.9 Å². The van der Waals surface area contributed by atoms with E-state index in [-0.39, 0.29) is 22.1 Å². The van der Waals surface area contributed by atoms with E-state index in [1.807, 2.05) is 0 Å². The zero-order valence-corrected chi connectivity index (χ0v) is 16.5. The first kappa shape index (κ1) is 18.3. The molecule has 3 N–H and O–H groups in total. The molecule has 1 aromatic carbocycles. The van der Waals surface area contributed by atoms with Gasteiger partial charge in [-0.05, 0) is 29.8 Å². The molecular formula is C20H10ClN5O3S. The number of nitrogens with two attached hydrogens (primary N) is 1. The fraction of sp³-hybridized carbons (Fsp3) is 0. The average Bonchev–Trinajstić information content (AvgIpc) is 2.73. The number of carboxylic acids is 1. The zero-order chi connectivity index (χ0) is 21.0. The lowest BCUT2D eigenvalue weighted by Gasteiger charge is -2.14. The summed E-state index contributed by atoms with van der Waals surface area (Å²) in [5.41, 5.74) is 7.77. The SMILES string of the molecule is Nc1nc(Cl)c2sc3c(-c4ccc(C(=O)O)cc4)c(=O)c4cccnc4c-3nc2n1. The molecule has 0 saturated carbocycles. The number of benzene rings is 2. The molecule has 30 heavy (non-hydrogen) atoms. The van der Waals surface area contributed by atoms with Crippen LogP contribution in [-0.4, -0.2) is 31.0 Å². The predicted molar refractivity (Wildman–Crippen MR) is 115 cm³/mol. The first-order chi connectivity index (χ1) is 14.4. The number of hydrogen-bond acceptors (Lipinski definition) is 8. The zero-order valence-electron chi connectivity index (χ0n) is 15.0. The number of nitrogen functional groups attached to an aromatic ring is 1. The third-order valence-electron chi connectivity index (χ3n) is 4.61. The summed E-state index contributed by atoms with van der Waals surface area (Å²) in [5.74, 6) is -1.05. The Bertz CT molecular complexity index is 1520. The molecule has 0 atom stereocenters. The van der Waals surface area contributed by atoms with Crippen molar-refractivity contribution < 1.29 is 9.90 Å². The summed E-state index contributed by atoms with van der Waals surface area (Å²) < 4.78 is 0.483. The largest absolute Gasteiger partial charge is 0.478 e. The molecule has 10 heteroatoms. The molecule has 1 aliphatic carbocycles. The summed E-state index contributed by atoms with van der Waals surface area (Å²) in [6, 6.07) is 9.45. The number of anilines is 1. The molecule has 8 nitrogen and oxygen atoms in total. The normalized spacial score (nSPS) is 11.4. The molecule has 2 aliphatic rings. The minimum atomic E-state index is -1.05. The fourth-order valence-corrected chi connectivity index (χ4v) is 4.64. The highest BCUT2D eigenvalue weighted by Crippen LogP contribution is 2.41. The molecule has 5 rings (SSSR count). The maximum absolute atomic E-state index is 13.4. The van der Waals surface area contributed by atoms with Gasteiger partial charge in [-0.15, -0.1) is 11.3 Å². The van der Waals surface area contributed by atoms with Gasteiger partial charge in [-0.2, -0.15) is 9.97 Å². The second-order valence-corrected chi connectivity index (χ2v) is 7.78. The van der Waals surface area contributed by atoms with Crippen molar-refractivity contribution in [2.45, 2.75) is 0 Å². The number of pyridine rings is 1. The highest BCUT2D eigenvalue weighted by Gasteiger charge is 2.24. The Hall–Kier alpha value is -3.69.